The molecule has 0 fully saturated rings. The number of benzene rings is 2. The van der Waals surface area contributed by atoms with Crippen LogP contribution in [0.3, 0.4) is 0 Å². The van der Waals surface area contributed by atoms with Crippen molar-refractivity contribution in [1.29, 1.82) is 0 Å². The molecule has 0 saturated carbocycles. The van der Waals surface area contributed by atoms with Crippen molar-refractivity contribution >= 4 is 16.8 Å². The Labute approximate surface area is 164 Å². The number of H-pyrrole nitrogens is 1. The highest BCUT2D eigenvalue weighted by Gasteiger charge is 2.15. The number of nitrogens with zero attached hydrogens (tertiary/aromatic N) is 1. The normalized spacial score (nSPS) is 11.0. The van der Waals surface area contributed by atoms with E-state index in [-0.39, 0.29) is 29.5 Å². The lowest BCUT2D eigenvalue weighted by Crippen LogP contribution is -2.32. The molecule has 0 spiro atoms. The first-order valence-electron chi connectivity index (χ1n) is 9.05. The smallest absolute Gasteiger partial charge is 0.269 e. The van der Waals surface area contributed by atoms with Gasteiger partial charge in [-0.25, -0.2) is 13.5 Å². The Hall–Kier alpha value is -3.74. The average molecular weight is 393 g/mol. The number of fused-ring (bicyclic) bond motifs is 1. The number of aromatic nitrogens is 2. The molecule has 0 unspecified atom stereocenters. The molecule has 2 aromatic heterocycles. The summed E-state index contributed by atoms with van der Waals surface area (Å²) >= 11 is 0. The zero-order chi connectivity index (χ0) is 20.4. The summed E-state index contributed by atoms with van der Waals surface area (Å²) in [5.41, 5.74) is 5.10. The average Bonchev–Trinajstić information content (AvgIpc) is 3.06. The fourth-order valence-corrected chi connectivity index (χ4v) is 3.29. The minimum atomic E-state index is -0.385. The van der Waals surface area contributed by atoms with Crippen LogP contribution in [0.4, 0.5) is 8.78 Å². The summed E-state index contributed by atoms with van der Waals surface area (Å²) < 4.78 is 28.3. The number of nitrogens with one attached hydrogen (secondary N) is 2. The van der Waals surface area contributed by atoms with E-state index in [0.29, 0.717) is 17.5 Å². The lowest BCUT2D eigenvalue weighted by Gasteiger charge is -2.08. The van der Waals surface area contributed by atoms with E-state index in [1.807, 2.05) is 0 Å². The molecule has 0 radical (unpaired) electrons. The molecule has 0 aliphatic heterocycles. The molecule has 1 amide bonds. The second-order valence-electron chi connectivity index (χ2n) is 6.62. The van der Waals surface area contributed by atoms with Gasteiger partial charge in [-0.1, -0.05) is 6.07 Å². The number of halogens is 2. The van der Waals surface area contributed by atoms with Crippen LogP contribution in [-0.4, -0.2) is 15.6 Å². The molecule has 7 heteroatoms. The standard InChI is InChI=1S/C22H17F2N3O2/c23-15-6-4-14(5-7-15)22-17(18-13-16(24)8-10-19(18)25-22)9-11-20(28)26-27-12-2-1-3-21(27)29/h1-8,10,12-13,25H,9,11H2,(H,26,28). The Morgan fingerprint density at radius 2 is 1.76 bits per heavy atom. The lowest BCUT2D eigenvalue weighted by molar-refractivity contribution is -0.117. The maximum Gasteiger partial charge on any atom is 0.269 e. The summed E-state index contributed by atoms with van der Waals surface area (Å²) in [6, 6.07) is 14.9. The fourth-order valence-electron chi connectivity index (χ4n) is 3.29. The van der Waals surface area contributed by atoms with Gasteiger partial charge in [0.15, 0.2) is 0 Å². The number of pyridine rings is 1. The number of hydrogen-bond acceptors (Lipinski definition) is 2. The van der Waals surface area contributed by atoms with Gasteiger partial charge in [0, 0.05) is 35.3 Å². The van der Waals surface area contributed by atoms with E-state index in [4.69, 9.17) is 0 Å². The van der Waals surface area contributed by atoms with Gasteiger partial charge in [-0.15, -0.1) is 0 Å². The zero-order valence-electron chi connectivity index (χ0n) is 15.3. The predicted molar refractivity (Wildman–Crippen MR) is 107 cm³/mol. The summed E-state index contributed by atoms with van der Waals surface area (Å²) in [5, 5.41) is 0.661. The highest BCUT2D eigenvalue weighted by Crippen LogP contribution is 2.32. The van der Waals surface area contributed by atoms with Gasteiger partial charge in [0.05, 0.1) is 0 Å². The van der Waals surface area contributed by atoms with Gasteiger partial charge in [-0.2, -0.15) is 0 Å². The monoisotopic (exact) mass is 393 g/mol. The highest BCUT2D eigenvalue weighted by molar-refractivity contribution is 5.92. The van der Waals surface area contributed by atoms with Crippen LogP contribution in [-0.2, 0) is 11.2 Å². The fraction of sp³-hybridized carbons (Fsp3) is 0.0909. The molecule has 0 aliphatic carbocycles. The molecule has 2 aromatic carbocycles. The highest BCUT2D eigenvalue weighted by atomic mass is 19.1. The van der Waals surface area contributed by atoms with Crippen LogP contribution in [0.15, 0.2) is 71.7 Å². The van der Waals surface area contributed by atoms with E-state index in [2.05, 4.69) is 10.4 Å². The van der Waals surface area contributed by atoms with Crippen LogP contribution in [0.2, 0.25) is 0 Å². The first-order chi connectivity index (χ1) is 14.0. The number of aryl methyl sites for hydroxylation is 1. The molecule has 0 aliphatic rings. The van der Waals surface area contributed by atoms with Gasteiger partial charge in [-0.3, -0.25) is 15.0 Å². The number of carbonyl (C=O) groups is 1. The van der Waals surface area contributed by atoms with Crippen molar-refractivity contribution in [2.24, 2.45) is 0 Å². The first-order valence-corrected chi connectivity index (χ1v) is 9.05. The molecule has 0 bridgehead atoms. The third-order valence-corrected chi connectivity index (χ3v) is 4.67. The zero-order valence-corrected chi connectivity index (χ0v) is 15.3. The minimum absolute atomic E-state index is 0.0823. The second kappa shape index (κ2) is 7.71. The van der Waals surface area contributed by atoms with Gasteiger partial charge in [0.1, 0.15) is 11.6 Å². The van der Waals surface area contributed by atoms with Crippen LogP contribution < -0.4 is 11.0 Å². The first kappa shape index (κ1) is 18.6. The van der Waals surface area contributed by atoms with E-state index >= 15 is 0 Å². The summed E-state index contributed by atoms with van der Waals surface area (Å²) in [4.78, 5) is 27.3. The predicted octanol–water partition coefficient (Wildman–Crippen LogP) is 3.98. The molecule has 2 N–H and O–H groups in total. The molecular weight excluding hydrogens is 376 g/mol. The van der Waals surface area contributed by atoms with Crippen molar-refractivity contribution in [1.82, 2.24) is 9.66 Å². The topological polar surface area (TPSA) is 66.9 Å². The van der Waals surface area contributed by atoms with Crippen molar-refractivity contribution in [2.75, 3.05) is 5.43 Å². The third kappa shape index (κ3) is 3.94. The quantitative estimate of drug-likeness (QED) is 0.539. The van der Waals surface area contributed by atoms with E-state index < -0.39 is 0 Å². The summed E-state index contributed by atoms with van der Waals surface area (Å²) in [6.45, 7) is 0. The van der Waals surface area contributed by atoms with Crippen molar-refractivity contribution in [3.8, 4) is 11.3 Å². The van der Waals surface area contributed by atoms with Gasteiger partial charge in [0.2, 0.25) is 5.91 Å². The number of aromatic amines is 1. The van der Waals surface area contributed by atoms with E-state index in [0.717, 1.165) is 21.3 Å². The molecule has 4 aromatic rings. The molecule has 0 saturated heterocycles. The van der Waals surface area contributed by atoms with Crippen molar-refractivity contribution < 1.29 is 13.6 Å². The van der Waals surface area contributed by atoms with Crippen LogP contribution in [0.1, 0.15) is 12.0 Å². The van der Waals surface area contributed by atoms with Gasteiger partial charge >= 0.3 is 0 Å². The van der Waals surface area contributed by atoms with Crippen LogP contribution >= 0.6 is 0 Å². The number of rotatable bonds is 5. The van der Waals surface area contributed by atoms with Crippen LogP contribution in [0.5, 0.6) is 0 Å². The number of amides is 1. The largest absolute Gasteiger partial charge is 0.354 e. The number of carbonyl (C=O) groups excluding carboxylic acids is 1. The molecule has 29 heavy (non-hydrogen) atoms. The van der Waals surface area contributed by atoms with E-state index in [1.165, 1.54) is 36.5 Å². The second-order valence-corrected chi connectivity index (χ2v) is 6.62. The molecule has 5 nitrogen and oxygen atoms in total. The van der Waals surface area contributed by atoms with Gasteiger partial charge < -0.3 is 4.98 Å². The molecular formula is C22H17F2N3O2. The van der Waals surface area contributed by atoms with Gasteiger partial charge in [-0.05, 0) is 66.1 Å². The van der Waals surface area contributed by atoms with E-state index in [9.17, 15) is 18.4 Å². The Morgan fingerprint density at radius 1 is 1.00 bits per heavy atom. The molecule has 4 rings (SSSR count). The van der Waals surface area contributed by atoms with Crippen molar-refractivity contribution in [3.05, 3.63) is 94.4 Å². The Kier molecular flexibility index (Phi) is 4.95. The SMILES string of the molecule is O=C(CCc1c(-c2ccc(F)cc2)[nH]c2ccc(F)cc12)Nn1ccccc1=O. The van der Waals surface area contributed by atoms with Crippen LogP contribution in [0.25, 0.3) is 22.2 Å². The van der Waals surface area contributed by atoms with Crippen molar-refractivity contribution in [3.63, 3.8) is 0 Å². The molecule has 2 heterocycles. The van der Waals surface area contributed by atoms with Crippen molar-refractivity contribution in [2.45, 2.75) is 12.8 Å². The van der Waals surface area contributed by atoms with Crippen LogP contribution in [0, 0.1) is 11.6 Å². The Morgan fingerprint density at radius 3 is 2.52 bits per heavy atom. The molecule has 0 atom stereocenters. The Bertz CT molecular complexity index is 1240. The minimum Gasteiger partial charge on any atom is -0.354 e. The Balaban J connectivity index is 1.64. The molecule has 146 valence electrons. The summed E-state index contributed by atoms with van der Waals surface area (Å²) in [5.74, 6) is -1.09. The van der Waals surface area contributed by atoms with E-state index in [1.54, 1.807) is 30.3 Å². The maximum absolute atomic E-state index is 13.8. The van der Waals surface area contributed by atoms with Gasteiger partial charge in [0.25, 0.3) is 5.56 Å². The number of hydrogen-bond donors (Lipinski definition) is 2. The maximum atomic E-state index is 13.8. The third-order valence-electron chi connectivity index (χ3n) is 4.67. The summed E-state index contributed by atoms with van der Waals surface area (Å²) in [6.07, 6.45) is 1.85. The summed E-state index contributed by atoms with van der Waals surface area (Å²) in [7, 11) is 0. The lowest BCUT2D eigenvalue weighted by atomic mass is 10.0.